The molecule has 0 aliphatic heterocycles. The monoisotopic (exact) mass is 295 g/mol. The topological polar surface area (TPSA) is 50.1 Å². The second kappa shape index (κ2) is 7.92. The van der Waals surface area contributed by atoms with E-state index in [0.29, 0.717) is 5.75 Å². The van der Waals surface area contributed by atoms with Crippen molar-refractivity contribution < 1.29 is 5.11 Å². The lowest BCUT2D eigenvalue weighted by Crippen LogP contribution is -2.12. The maximum Gasteiger partial charge on any atom is 0.115 e. The molecule has 0 spiro atoms. The Bertz CT molecular complexity index is 540. The van der Waals surface area contributed by atoms with Crippen molar-refractivity contribution in [2.24, 2.45) is 0 Å². The van der Waals surface area contributed by atoms with Gasteiger partial charge in [0.2, 0.25) is 0 Å². The maximum atomic E-state index is 9.39. The van der Waals surface area contributed by atoms with Crippen LogP contribution < -0.4 is 5.32 Å². The molecule has 0 aliphatic carbocycles. The van der Waals surface area contributed by atoms with E-state index in [1.807, 2.05) is 23.7 Å². The third-order valence-electron chi connectivity index (χ3n) is 3.06. The van der Waals surface area contributed by atoms with Crippen molar-refractivity contribution >= 4 is 12.4 Å². The number of phenolic OH excluding ortho intramolecular Hbond substituents is 1. The fourth-order valence-corrected chi connectivity index (χ4v) is 2.08. The highest BCUT2D eigenvalue weighted by Crippen LogP contribution is 2.11. The molecule has 2 N–H and O–H groups in total. The Labute approximate surface area is 126 Å². The minimum Gasteiger partial charge on any atom is -0.508 e. The number of halogens is 1. The fraction of sp³-hybridized carbons (Fsp3) is 0.400. The lowest BCUT2D eigenvalue weighted by atomic mass is 10.2. The van der Waals surface area contributed by atoms with Crippen LogP contribution in [-0.2, 0) is 19.6 Å². The molecule has 4 nitrogen and oxygen atoms in total. The van der Waals surface area contributed by atoms with Crippen molar-refractivity contribution in [2.45, 2.75) is 39.9 Å². The average molecular weight is 296 g/mol. The molecule has 1 heterocycles. The number of phenols is 1. The van der Waals surface area contributed by atoms with Gasteiger partial charge in [-0.25, -0.2) is 0 Å². The number of rotatable bonds is 6. The number of nitrogens with one attached hydrogen (secondary N) is 1. The first-order valence-electron chi connectivity index (χ1n) is 6.70. The Hall–Kier alpha value is -1.52. The van der Waals surface area contributed by atoms with Crippen LogP contribution in [0, 0.1) is 6.92 Å². The Morgan fingerprint density at radius 3 is 2.80 bits per heavy atom. The van der Waals surface area contributed by atoms with Crippen molar-refractivity contribution in [2.75, 3.05) is 0 Å². The third kappa shape index (κ3) is 4.54. The number of benzene rings is 1. The summed E-state index contributed by atoms with van der Waals surface area (Å²) in [5.41, 5.74) is 3.39. The second-order valence-electron chi connectivity index (χ2n) is 4.78. The molecule has 0 bridgehead atoms. The molecule has 0 saturated carbocycles. The zero-order valence-electron chi connectivity index (χ0n) is 12.0. The molecule has 0 saturated heterocycles. The van der Waals surface area contributed by atoms with Gasteiger partial charge in [0.1, 0.15) is 5.75 Å². The van der Waals surface area contributed by atoms with E-state index in [1.54, 1.807) is 12.1 Å². The number of hydrogen-bond donors (Lipinski definition) is 2. The normalized spacial score (nSPS) is 10.3. The van der Waals surface area contributed by atoms with Crippen LogP contribution in [0.3, 0.4) is 0 Å². The molecule has 5 heteroatoms. The van der Waals surface area contributed by atoms with E-state index in [9.17, 15) is 5.11 Å². The Morgan fingerprint density at radius 1 is 1.30 bits per heavy atom. The van der Waals surface area contributed by atoms with Crippen LogP contribution in [0.1, 0.15) is 30.2 Å². The van der Waals surface area contributed by atoms with Crippen molar-refractivity contribution in [1.29, 1.82) is 0 Å². The van der Waals surface area contributed by atoms with Crippen LogP contribution in [0.5, 0.6) is 5.75 Å². The molecule has 110 valence electrons. The predicted molar refractivity (Wildman–Crippen MR) is 83.2 cm³/mol. The summed E-state index contributed by atoms with van der Waals surface area (Å²) in [7, 11) is 0. The van der Waals surface area contributed by atoms with Gasteiger partial charge in [-0.05, 0) is 31.0 Å². The molecular formula is C15H22ClN3O. The summed E-state index contributed by atoms with van der Waals surface area (Å²) in [4.78, 5) is 0. The highest BCUT2D eigenvalue weighted by Gasteiger charge is 2.04. The lowest BCUT2D eigenvalue weighted by molar-refractivity contribution is 0.474. The predicted octanol–water partition coefficient (Wildman–Crippen LogP) is 3.02. The van der Waals surface area contributed by atoms with Gasteiger partial charge < -0.3 is 10.4 Å². The fourth-order valence-electron chi connectivity index (χ4n) is 2.08. The summed E-state index contributed by atoms with van der Waals surface area (Å²) in [5.74, 6) is 0.311. The molecule has 0 radical (unpaired) electrons. The zero-order valence-corrected chi connectivity index (χ0v) is 12.8. The van der Waals surface area contributed by atoms with Crippen LogP contribution in [0.25, 0.3) is 0 Å². The lowest BCUT2D eigenvalue weighted by Gasteiger charge is -2.04. The van der Waals surface area contributed by atoms with E-state index in [2.05, 4.69) is 23.5 Å². The summed E-state index contributed by atoms with van der Waals surface area (Å²) < 4.78 is 2.00. The van der Waals surface area contributed by atoms with Crippen molar-refractivity contribution in [3.8, 4) is 5.75 Å². The molecule has 2 aromatic rings. The summed E-state index contributed by atoms with van der Waals surface area (Å²) >= 11 is 0. The average Bonchev–Trinajstić information content (AvgIpc) is 2.71. The molecule has 0 atom stereocenters. The van der Waals surface area contributed by atoms with Gasteiger partial charge in [0, 0.05) is 31.4 Å². The SMILES string of the molecule is CCCn1cc(CNCc2cccc(O)c2)c(C)n1.Cl. The largest absolute Gasteiger partial charge is 0.508 e. The number of aryl methyl sites for hydroxylation is 2. The van der Waals surface area contributed by atoms with Crippen molar-refractivity contribution in [3.05, 3.63) is 47.3 Å². The molecule has 0 amide bonds. The van der Waals surface area contributed by atoms with Crippen LogP contribution in [0.15, 0.2) is 30.5 Å². The smallest absolute Gasteiger partial charge is 0.115 e. The molecule has 0 fully saturated rings. The molecule has 1 aromatic carbocycles. The van der Waals surface area contributed by atoms with E-state index in [1.165, 1.54) is 5.56 Å². The van der Waals surface area contributed by atoms with Gasteiger partial charge in [-0.15, -0.1) is 12.4 Å². The molecule has 2 rings (SSSR count). The van der Waals surface area contributed by atoms with Crippen molar-refractivity contribution in [1.82, 2.24) is 15.1 Å². The van der Waals surface area contributed by atoms with Gasteiger partial charge in [0.25, 0.3) is 0 Å². The van der Waals surface area contributed by atoms with Gasteiger partial charge in [-0.1, -0.05) is 19.1 Å². The Morgan fingerprint density at radius 2 is 2.10 bits per heavy atom. The van der Waals surface area contributed by atoms with E-state index in [-0.39, 0.29) is 12.4 Å². The molecule has 0 unspecified atom stereocenters. The zero-order chi connectivity index (χ0) is 13.7. The first-order chi connectivity index (χ1) is 9.19. The minimum atomic E-state index is 0. The third-order valence-corrected chi connectivity index (χ3v) is 3.06. The minimum absolute atomic E-state index is 0. The first-order valence-corrected chi connectivity index (χ1v) is 6.70. The summed E-state index contributed by atoms with van der Waals surface area (Å²) in [6.45, 7) is 6.69. The standard InChI is InChI=1S/C15H21N3O.ClH/c1-3-7-18-11-14(12(2)17-18)10-16-9-13-5-4-6-15(19)8-13;/h4-6,8,11,16,19H,3,7,9-10H2,1-2H3;1H. The van der Waals surface area contributed by atoms with E-state index in [4.69, 9.17) is 0 Å². The van der Waals surface area contributed by atoms with E-state index >= 15 is 0 Å². The summed E-state index contributed by atoms with van der Waals surface area (Å²) in [5, 5.41) is 17.2. The van der Waals surface area contributed by atoms with Gasteiger partial charge in [0.05, 0.1) is 5.69 Å². The summed E-state index contributed by atoms with van der Waals surface area (Å²) in [6, 6.07) is 7.32. The Kier molecular flexibility index (Phi) is 6.55. The number of nitrogens with zero attached hydrogens (tertiary/aromatic N) is 2. The van der Waals surface area contributed by atoms with Gasteiger partial charge in [-0.2, -0.15) is 5.10 Å². The number of aromatic nitrogens is 2. The number of hydrogen-bond acceptors (Lipinski definition) is 3. The number of aromatic hydroxyl groups is 1. The molecule has 1 aromatic heterocycles. The second-order valence-corrected chi connectivity index (χ2v) is 4.78. The quantitative estimate of drug-likeness (QED) is 0.861. The summed E-state index contributed by atoms with van der Waals surface area (Å²) in [6.07, 6.45) is 3.20. The van der Waals surface area contributed by atoms with Crippen LogP contribution in [-0.4, -0.2) is 14.9 Å². The van der Waals surface area contributed by atoms with E-state index < -0.39 is 0 Å². The molecular weight excluding hydrogens is 274 g/mol. The maximum absolute atomic E-state index is 9.39. The van der Waals surface area contributed by atoms with Gasteiger partial charge in [0.15, 0.2) is 0 Å². The van der Waals surface area contributed by atoms with Crippen molar-refractivity contribution in [3.63, 3.8) is 0 Å². The van der Waals surface area contributed by atoms with Gasteiger partial charge >= 0.3 is 0 Å². The van der Waals surface area contributed by atoms with Crippen LogP contribution in [0.2, 0.25) is 0 Å². The highest BCUT2D eigenvalue weighted by atomic mass is 35.5. The first kappa shape index (κ1) is 16.5. The molecule has 20 heavy (non-hydrogen) atoms. The van der Waals surface area contributed by atoms with Gasteiger partial charge in [-0.3, -0.25) is 4.68 Å². The molecule has 0 aliphatic rings. The van der Waals surface area contributed by atoms with Crippen LogP contribution in [0.4, 0.5) is 0 Å². The van der Waals surface area contributed by atoms with E-state index in [0.717, 1.165) is 37.3 Å². The van der Waals surface area contributed by atoms with Crippen LogP contribution >= 0.6 is 12.4 Å². The highest BCUT2D eigenvalue weighted by molar-refractivity contribution is 5.85. The Balaban J connectivity index is 0.00000200.